The normalized spacial score (nSPS) is 11.9. The van der Waals surface area contributed by atoms with E-state index < -0.39 is 18.2 Å². The molecule has 2 rings (SSSR count). The van der Waals surface area contributed by atoms with E-state index in [0.29, 0.717) is 18.8 Å². The SMILES string of the molecule is CCOc1ccc(CC(OC(C)C)C(=O)O)cc1CCOC(=O)[NH2+]c1ccccc1. The van der Waals surface area contributed by atoms with E-state index in [4.69, 9.17) is 14.2 Å². The number of ether oxygens (including phenoxy) is 3. The number of hydrogen-bond donors (Lipinski definition) is 2. The Labute approximate surface area is 177 Å². The molecule has 0 aromatic heterocycles. The second-order valence-corrected chi connectivity index (χ2v) is 7.06. The number of benzene rings is 2. The summed E-state index contributed by atoms with van der Waals surface area (Å²) in [5.74, 6) is -0.300. The van der Waals surface area contributed by atoms with Crippen molar-refractivity contribution >= 4 is 17.7 Å². The summed E-state index contributed by atoms with van der Waals surface area (Å²) in [6.07, 6.45) is -0.816. The topological polar surface area (TPSA) is 98.7 Å². The van der Waals surface area contributed by atoms with Gasteiger partial charge in [-0.25, -0.2) is 10.1 Å². The lowest BCUT2D eigenvalue weighted by Gasteiger charge is -2.18. The first-order chi connectivity index (χ1) is 14.4. The summed E-state index contributed by atoms with van der Waals surface area (Å²) >= 11 is 0. The van der Waals surface area contributed by atoms with Gasteiger partial charge < -0.3 is 19.3 Å². The molecule has 0 radical (unpaired) electrons. The zero-order valence-corrected chi connectivity index (χ0v) is 17.7. The highest BCUT2D eigenvalue weighted by molar-refractivity contribution is 5.72. The molecule has 7 nitrogen and oxygen atoms in total. The summed E-state index contributed by atoms with van der Waals surface area (Å²) in [7, 11) is 0. The van der Waals surface area contributed by atoms with Gasteiger partial charge in [-0.05, 0) is 50.1 Å². The lowest BCUT2D eigenvalue weighted by Crippen LogP contribution is -2.82. The van der Waals surface area contributed by atoms with Crippen LogP contribution in [0.1, 0.15) is 31.9 Å². The van der Waals surface area contributed by atoms with Gasteiger partial charge in [0.25, 0.3) is 0 Å². The second kappa shape index (κ2) is 11.9. The van der Waals surface area contributed by atoms with Crippen molar-refractivity contribution in [1.29, 1.82) is 0 Å². The van der Waals surface area contributed by atoms with Crippen molar-refractivity contribution in [3.05, 3.63) is 59.7 Å². The summed E-state index contributed by atoms with van der Waals surface area (Å²) in [4.78, 5) is 23.5. The summed E-state index contributed by atoms with van der Waals surface area (Å²) in [5.41, 5.74) is 2.46. The maximum Gasteiger partial charge on any atom is 0.517 e. The van der Waals surface area contributed by atoms with Crippen LogP contribution in [0.3, 0.4) is 0 Å². The van der Waals surface area contributed by atoms with Crippen molar-refractivity contribution in [2.24, 2.45) is 0 Å². The fourth-order valence-corrected chi connectivity index (χ4v) is 2.98. The Bertz CT molecular complexity index is 822. The summed E-state index contributed by atoms with van der Waals surface area (Å²) in [6.45, 7) is 6.20. The minimum Gasteiger partial charge on any atom is -0.494 e. The number of aliphatic carboxylic acids is 1. The van der Waals surface area contributed by atoms with E-state index in [1.807, 2.05) is 55.5 Å². The zero-order chi connectivity index (χ0) is 21.9. The summed E-state index contributed by atoms with van der Waals surface area (Å²) < 4.78 is 16.5. The lowest BCUT2D eigenvalue weighted by atomic mass is 10.0. The first-order valence-corrected chi connectivity index (χ1v) is 10.1. The number of amides is 1. The van der Waals surface area contributed by atoms with Crippen LogP contribution in [0.2, 0.25) is 0 Å². The van der Waals surface area contributed by atoms with Crippen molar-refractivity contribution in [3.63, 3.8) is 0 Å². The van der Waals surface area contributed by atoms with Crippen LogP contribution >= 0.6 is 0 Å². The van der Waals surface area contributed by atoms with Crippen molar-refractivity contribution in [3.8, 4) is 5.75 Å². The smallest absolute Gasteiger partial charge is 0.494 e. The van der Waals surface area contributed by atoms with E-state index in [0.717, 1.165) is 16.8 Å². The molecule has 3 N–H and O–H groups in total. The summed E-state index contributed by atoms with van der Waals surface area (Å²) in [5, 5.41) is 10.8. The van der Waals surface area contributed by atoms with Crippen LogP contribution in [-0.2, 0) is 27.1 Å². The monoisotopic (exact) mass is 416 g/mol. The van der Waals surface area contributed by atoms with Gasteiger partial charge in [0, 0.05) is 12.8 Å². The van der Waals surface area contributed by atoms with Gasteiger partial charge in [0.15, 0.2) is 6.10 Å². The van der Waals surface area contributed by atoms with Gasteiger partial charge in [-0.1, -0.05) is 30.3 Å². The number of carboxylic acid groups (broad SMARTS) is 1. The molecule has 0 heterocycles. The van der Waals surface area contributed by atoms with E-state index in [1.54, 1.807) is 13.8 Å². The molecule has 2 aromatic rings. The first-order valence-electron chi connectivity index (χ1n) is 10.1. The third kappa shape index (κ3) is 7.85. The molecule has 7 heteroatoms. The number of carbonyl (C=O) groups is 2. The molecular weight excluding hydrogens is 386 g/mol. The molecule has 2 aromatic carbocycles. The quantitative estimate of drug-likeness (QED) is 0.546. The van der Waals surface area contributed by atoms with Crippen LogP contribution in [0.15, 0.2) is 48.5 Å². The number of rotatable bonds is 11. The predicted molar refractivity (Wildman–Crippen MR) is 112 cm³/mol. The molecule has 0 bridgehead atoms. The average molecular weight is 416 g/mol. The van der Waals surface area contributed by atoms with Gasteiger partial charge in [0.1, 0.15) is 18.0 Å². The minimum absolute atomic E-state index is 0.187. The highest BCUT2D eigenvalue weighted by Crippen LogP contribution is 2.22. The lowest BCUT2D eigenvalue weighted by molar-refractivity contribution is -0.482. The van der Waals surface area contributed by atoms with Gasteiger partial charge in [-0.15, -0.1) is 0 Å². The maximum atomic E-state index is 12.0. The number of hydrogen-bond acceptors (Lipinski definition) is 5. The molecule has 0 saturated carbocycles. The molecule has 0 aliphatic rings. The molecule has 0 fully saturated rings. The molecule has 1 atom stereocenters. The fraction of sp³-hybridized carbons (Fsp3) is 0.391. The molecule has 0 saturated heterocycles. The van der Waals surface area contributed by atoms with Crippen LogP contribution in [0.4, 0.5) is 10.5 Å². The van der Waals surface area contributed by atoms with E-state index in [9.17, 15) is 14.7 Å². The van der Waals surface area contributed by atoms with Crippen molar-refractivity contribution in [2.75, 3.05) is 13.2 Å². The number of primary amides is 1. The number of carboxylic acids is 1. The molecule has 1 amide bonds. The number of nitrogens with two attached hydrogens (primary N) is 1. The zero-order valence-electron chi connectivity index (χ0n) is 17.7. The second-order valence-electron chi connectivity index (χ2n) is 7.06. The standard InChI is InChI=1S/C23H29NO6/c1-4-28-20-11-10-17(15-21(22(25)26)30-16(2)3)14-18(20)12-13-29-23(27)24-19-8-6-5-7-9-19/h5-11,14,16,21H,4,12-13,15H2,1-3H3,(H,24,27)(H,25,26)/p+1. The Hall–Kier alpha value is -2.90. The van der Waals surface area contributed by atoms with Gasteiger partial charge >= 0.3 is 12.1 Å². The Morgan fingerprint density at radius 3 is 2.47 bits per heavy atom. The van der Waals surface area contributed by atoms with Crippen molar-refractivity contribution < 1.29 is 34.2 Å². The van der Waals surface area contributed by atoms with Gasteiger partial charge in [-0.3, -0.25) is 0 Å². The Balaban J connectivity index is 2.01. The highest BCUT2D eigenvalue weighted by atomic mass is 16.5. The Morgan fingerprint density at radius 1 is 1.10 bits per heavy atom. The highest BCUT2D eigenvalue weighted by Gasteiger charge is 2.21. The third-order valence-electron chi connectivity index (χ3n) is 4.26. The molecule has 1 unspecified atom stereocenters. The van der Waals surface area contributed by atoms with Crippen molar-refractivity contribution in [2.45, 2.75) is 45.8 Å². The molecule has 30 heavy (non-hydrogen) atoms. The number of quaternary nitrogens is 1. The molecule has 0 aliphatic carbocycles. The van der Waals surface area contributed by atoms with Crippen molar-refractivity contribution in [1.82, 2.24) is 0 Å². The predicted octanol–water partition coefficient (Wildman–Crippen LogP) is 3.08. The van der Waals surface area contributed by atoms with Gasteiger partial charge in [0.2, 0.25) is 0 Å². The van der Waals surface area contributed by atoms with Gasteiger partial charge in [0.05, 0.1) is 12.7 Å². The van der Waals surface area contributed by atoms with Gasteiger partial charge in [-0.2, -0.15) is 4.79 Å². The Morgan fingerprint density at radius 2 is 1.83 bits per heavy atom. The Kier molecular flexibility index (Phi) is 9.31. The van der Waals surface area contributed by atoms with Crippen LogP contribution in [0, 0.1) is 0 Å². The maximum absolute atomic E-state index is 12.0. The molecule has 162 valence electrons. The van der Waals surface area contributed by atoms with Crippen LogP contribution in [0.5, 0.6) is 5.75 Å². The molecule has 0 aliphatic heterocycles. The van der Waals surface area contributed by atoms with E-state index in [1.165, 1.54) is 5.32 Å². The van der Waals surface area contributed by atoms with E-state index >= 15 is 0 Å². The summed E-state index contributed by atoms with van der Waals surface area (Å²) in [6, 6.07) is 14.8. The number of para-hydroxylation sites is 1. The number of carbonyl (C=O) groups excluding carboxylic acids is 1. The average Bonchev–Trinajstić information content (AvgIpc) is 2.69. The molecule has 0 spiro atoms. The van der Waals surface area contributed by atoms with Crippen LogP contribution in [0.25, 0.3) is 0 Å². The largest absolute Gasteiger partial charge is 0.517 e. The van der Waals surface area contributed by atoms with Crippen LogP contribution < -0.4 is 10.1 Å². The van der Waals surface area contributed by atoms with E-state index in [2.05, 4.69) is 0 Å². The fourth-order valence-electron chi connectivity index (χ4n) is 2.98. The van der Waals surface area contributed by atoms with E-state index in [-0.39, 0.29) is 19.1 Å². The minimum atomic E-state index is -0.996. The molecular formula is C23H30NO6+. The third-order valence-corrected chi connectivity index (χ3v) is 4.26. The first kappa shape index (κ1) is 23.4. The van der Waals surface area contributed by atoms with Crippen LogP contribution in [-0.4, -0.2) is 42.6 Å².